The minimum absolute atomic E-state index is 0.0376. The molecule has 0 radical (unpaired) electrons. The van der Waals surface area contributed by atoms with Crippen molar-refractivity contribution < 1.29 is 4.79 Å². The molecule has 1 atom stereocenters. The Morgan fingerprint density at radius 2 is 1.85 bits per heavy atom. The van der Waals surface area contributed by atoms with E-state index in [0.717, 1.165) is 12.2 Å². The van der Waals surface area contributed by atoms with E-state index in [1.807, 2.05) is 37.3 Å². The normalized spacial score (nSPS) is 19.3. The molecule has 3 heteroatoms. The summed E-state index contributed by atoms with van der Waals surface area (Å²) in [5.41, 5.74) is 1.22. The lowest BCUT2D eigenvalue weighted by atomic mass is 9.75. The van der Waals surface area contributed by atoms with E-state index >= 15 is 0 Å². The predicted molar refractivity (Wildman–Crippen MR) is 83.7 cm³/mol. The van der Waals surface area contributed by atoms with Crippen LogP contribution in [0.1, 0.15) is 46.0 Å². The minimum atomic E-state index is -0.158. The van der Waals surface area contributed by atoms with Crippen LogP contribution in [0.4, 0.5) is 5.69 Å². The molecule has 1 aromatic rings. The summed E-state index contributed by atoms with van der Waals surface area (Å²) in [5, 5.41) is 6.34. The van der Waals surface area contributed by atoms with Crippen LogP contribution in [-0.2, 0) is 4.79 Å². The van der Waals surface area contributed by atoms with Gasteiger partial charge >= 0.3 is 0 Å². The van der Waals surface area contributed by atoms with Crippen molar-refractivity contribution in [3.05, 3.63) is 30.3 Å². The summed E-state index contributed by atoms with van der Waals surface area (Å²) in [4.78, 5) is 12.1. The largest absolute Gasteiger partial charge is 0.325 e. The van der Waals surface area contributed by atoms with Crippen LogP contribution < -0.4 is 10.6 Å². The molecule has 1 aliphatic rings. The molecule has 3 nitrogen and oxygen atoms in total. The lowest BCUT2D eigenvalue weighted by Gasteiger charge is -2.34. The monoisotopic (exact) mass is 274 g/mol. The van der Waals surface area contributed by atoms with E-state index in [9.17, 15) is 4.79 Å². The molecule has 110 valence electrons. The molecule has 0 bridgehead atoms. The number of para-hydroxylation sites is 1. The molecule has 1 fully saturated rings. The number of benzene rings is 1. The average molecular weight is 274 g/mol. The van der Waals surface area contributed by atoms with E-state index in [2.05, 4.69) is 17.6 Å². The highest BCUT2D eigenvalue weighted by atomic mass is 16.2. The van der Waals surface area contributed by atoms with Gasteiger partial charge < -0.3 is 10.6 Å². The summed E-state index contributed by atoms with van der Waals surface area (Å²) in [5.74, 6) is 0.0376. The highest BCUT2D eigenvalue weighted by molar-refractivity contribution is 5.94. The zero-order valence-corrected chi connectivity index (χ0v) is 12.6. The number of hydrogen-bond acceptors (Lipinski definition) is 2. The first-order valence-corrected chi connectivity index (χ1v) is 7.68. The molecular weight excluding hydrogens is 248 g/mol. The maximum Gasteiger partial charge on any atom is 0.241 e. The second-order valence-corrected chi connectivity index (χ2v) is 6.33. The van der Waals surface area contributed by atoms with Crippen molar-refractivity contribution in [2.24, 2.45) is 5.41 Å². The van der Waals surface area contributed by atoms with Crippen LogP contribution in [0.3, 0.4) is 0 Å². The fourth-order valence-corrected chi connectivity index (χ4v) is 2.85. The van der Waals surface area contributed by atoms with Crippen molar-refractivity contribution in [1.82, 2.24) is 5.32 Å². The van der Waals surface area contributed by atoms with Crippen molar-refractivity contribution in [3.8, 4) is 0 Å². The van der Waals surface area contributed by atoms with Crippen LogP contribution in [0.5, 0.6) is 0 Å². The number of rotatable bonds is 5. The molecule has 20 heavy (non-hydrogen) atoms. The van der Waals surface area contributed by atoms with Crippen LogP contribution >= 0.6 is 0 Å². The Hall–Kier alpha value is -1.35. The molecule has 1 unspecified atom stereocenters. The predicted octanol–water partition coefficient (Wildman–Crippen LogP) is 3.57. The fraction of sp³-hybridized carbons (Fsp3) is 0.588. The SMILES string of the molecule is CC(NCC1(C)CCCCC1)C(=O)Nc1ccccc1. The summed E-state index contributed by atoms with van der Waals surface area (Å²) in [6, 6.07) is 9.46. The summed E-state index contributed by atoms with van der Waals surface area (Å²) in [7, 11) is 0. The first-order valence-electron chi connectivity index (χ1n) is 7.68. The third kappa shape index (κ3) is 4.34. The molecule has 0 aliphatic heterocycles. The van der Waals surface area contributed by atoms with Crippen LogP contribution in [0.25, 0.3) is 0 Å². The van der Waals surface area contributed by atoms with Gasteiger partial charge in [0.15, 0.2) is 0 Å². The standard InChI is InChI=1S/C17H26N2O/c1-14(16(20)19-15-9-5-3-6-10-15)18-13-17(2)11-7-4-8-12-17/h3,5-6,9-10,14,18H,4,7-8,11-13H2,1-2H3,(H,19,20). The van der Waals surface area contributed by atoms with Gasteiger partial charge in [0.2, 0.25) is 5.91 Å². The van der Waals surface area contributed by atoms with E-state index in [0.29, 0.717) is 5.41 Å². The number of anilines is 1. The summed E-state index contributed by atoms with van der Waals surface area (Å²) >= 11 is 0. The molecular formula is C17H26N2O. The molecule has 1 aromatic carbocycles. The van der Waals surface area contributed by atoms with Gasteiger partial charge in [-0.1, -0.05) is 44.4 Å². The molecule has 0 aromatic heterocycles. The van der Waals surface area contributed by atoms with Gasteiger partial charge in [-0.3, -0.25) is 4.79 Å². The first kappa shape index (κ1) is 15.0. The van der Waals surface area contributed by atoms with Crippen molar-refractivity contribution in [2.45, 2.75) is 52.0 Å². The van der Waals surface area contributed by atoms with E-state index in [-0.39, 0.29) is 11.9 Å². The van der Waals surface area contributed by atoms with Gasteiger partial charge in [-0.2, -0.15) is 0 Å². The maximum atomic E-state index is 12.1. The molecule has 1 aliphatic carbocycles. The van der Waals surface area contributed by atoms with Gasteiger partial charge in [0, 0.05) is 12.2 Å². The Balaban J connectivity index is 1.79. The number of nitrogens with one attached hydrogen (secondary N) is 2. The van der Waals surface area contributed by atoms with E-state index in [4.69, 9.17) is 0 Å². The van der Waals surface area contributed by atoms with Gasteiger partial charge in [-0.25, -0.2) is 0 Å². The van der Waals surface area contributed by atoms with Crippen LogP contribution in [0.15, 0.2) is 30.3 Å². The summed E-state index contributed by atoms with van der Waals surface area (Å²) in [6.45, 7) is 5.20. The number of hydrogen-bond donors (Lipinski definition) is 2. The third-order valence-corrected chi connectivity index (χ3v) is 4.33. The van der Waals surface area contributed by atoms with Crippen LogP contribution in [0.2, 0.25) is 0 Å². The average Bonchev–Trinajstić information content (AvgIpc) is 2.46. The zero-order chi connectivity index (χ0) is 14.4. The highest BCUT2D eigenvalue weighted by Crippen LogP contribution is 2.34. The topological polar surface area (TPSA) is 41.1 Å². The lowest BCUT2D eigenvalue weighted by molar-refractivity contribution is -0.117. The second kappa shape index (κ2) is 6.89. The van der Waals surface area contributed by atoms with E-state index in [1.165, 1.54) is 32.1 Å². The fourth-order valence-electron chi connectivity index (χ4n) is 2.85. The molecule has 2 rings (SSSR count). The van der Waals surface area contributed by atoms with Crippen LogP contribution in [-0.4, -0.2) is 18.5 Å². The van der Waals surface area contributed by atoms with Gasteiger partial charge in [0.25, 0.3) is 0 Å². The number of carbonyl (C=O) groups excluding carboxylic acids is 1. The molecule has 0 saturated heterocycles. The molecule has 0 spiro atoms. The Bertz CT molecular complexity index is 424. The third-order valence-electron chi connectivity index (χ3n) is 4.33. The smallest absolute Gasteiger partial charge is 0.241 e. The zero-order valence-electron chi connectivity index (χ0n) is 12.6. The highest BCUT2D eigenvalue weighted by Gasteiger charge is 2.27. The van der Waals surface area contributed by atoms with Crippen molar-refractivity contribution >= 4 is 11.6 Å². The minimum Gasteiger partial charge on any atom is -0.325 e. The number of carbonyl (C=O) groups is 1. The van der Waals surface area contributed by atoms with E-state index in [1.54, 1.807) is 0 Å². The quantitative estimate of drug-likeness (QED) is 0.861. The molecule has 1 amide bonds. The van der Waals surface area contributed by atoms with Crippen molar-refractivity contribution in [1.29, 1.82) is 0 Å². The summed E-state index contributed by atoms with van der Waals surface area (Å²) < 4.78 is 0. The molecule has 1 saturated carbocycles. The van der Waals surface area contributed by atoms with Crippen molar-refractivity contribution in [3.63, 3.8) is 0 Å². The maximum absolute atomic E-state index is 12.1. The van der Waals surface area contributed by atoms with Crippen molar-refractivity contribution in [2.75, 3.05) is 11.9 Å². The second-order valence-electron chi connectivity index (χ2n) is 6.33. The van der Waals surface area contributed by atoms with Gasteiger partial charge in [-0.05, 0) is 37.3 Å². The Kier molecular flexibility index (Phi) is 5.18. The van der Waals surface area contributed by atoms with Crippen LogP contribution in [0, 0.1) is 5.41 Å². The molecule has 0 heterocycles. The van der Waals surface area contributed by atoms with Gasteiger partial charge in [-0.15, -0.1) is 0 Å². The van der Waals surface area contributed by atoms with Gasteiger partial charge in [0.1, 0.15) is 0 Å². The lowest BCUT2D eigenvalue weighted by Crippen LogP contribution is -2.43. The Morgan fingerprint density at radius 3 is 2.50 bits per heavy atom. The number of amides is 1. The first-order chi connectivity index (χ1) is 9.59. The Labute approximate surface area is 122 Å². The molecule has 2 N–H and O–H groups in total. The van der Waals surface area contributed by atoms with Gasteiger partial charge in [0.05, 0.1) is 6.04 Å². The summed E-state index contributed by atoms with van der Waals surface area (Å²) in [6.07, 6.45) is 6.55. The van der Waals surface area contributed by atoms with E-state index < -0.39 is 0 Å². The Morgan fingerprint density at radius 1 is 1.20 bits per heavy atom.